The molecule has 0 aliphatic carbocycles. The van der Waals surface area contributed by atoms with Gasteiger partial charge >= 0.3 is 0 Å². The second kappa shape index (κ2) is 7.12. The number of amides is 1. The van der Waals surface area contributed by atoms with Crippen molar-refractivity contribution in [1.29, 1.82) is 0 Å². The van der Waals surface area contributed by atoms with Crippen LogP contribution in [0.1, 0.15) is 23.1 Å². The molecule has 4 rings (SSSR count). The molecule has 8 heteroatoms. The van der Waals surface area contributed by atoms with E-state index in [4.69, 9.17) is 0 Å². The molecular weight excluding hydrogens is 461 g/mol. The van der Waals surface area contributed by atoms with Crippen LogP contribution in [0.3, 0.4) is 0 Å². The lowest BCUT2D eigenvalue weighted by molar-refractivity contribution is 0.102. The number of nitrogens with one attached hydrogen (secondary N) is 1. The molecule has 4 aromatic rings. The molecule has 0 saturated carbocycles. The predicted molar refractivity (Wildman–Crippen MR) is 111 cm³/mol. The number of benzene rings is 2. The maximum absolute atomic E-state index is 12.5. The highest BCUT2D eigenvalue weighted by molar-refractivity contribution is 14.1. The van der Waals surface area contributed by atoms with Crippen LogP contribution in [0.25, 0.3) is 15.5 Å². The SMILES string of the molecule is CCc1nnc2sc(-c3cccc(NC(=O)c4ccccc4I)c3)nn12. The highest BCUT2D eigenvalue weighted by atomic mass is 127. The second-order valence-electron chi connectivity index (χ2n) is 5.59. The Morgan fingerprint density at radius 1 is 1.19 bits per heavy atom. The number of hydrogen-bond donors (Lipinski definition) is 1. The quantitative estimate of drug-likeness (QED) is 0.448. The van der Waals surface area contributed by atoms with E-state index in [1.165, 1.54) is 11.3 Å². The Morgan fingerprint density at radius 3 is 2.85 bits per heavy atom. The number of aromatic nitrogens is 4. The van der Waals surface area contributed by atoms with Crippen molar-refractivity contribution >= 4 is 50.5 Å². The van der Waals surface area contributed by atoms with E-state index >= 15 is 0 Å². The lowest BCUT2D eigenvalue weighted by Gasteiger charge is -2.07. The number of rotatable bonds is 4. The van der Waals surface area contributed by atoms with Crippen molar-refractivity contribution in [2.45, 2.75) is 13.3 Å². The lowest BCUT2D eigenvalue weighted by atomic mass is 10.2. The fraction of sp³-hybridized carbons (Fsp3) is 0.111. The molecule has 1 amide bonds. The van der Waals surface area contributed by atoms with E-state index in [2.05, 4.69) is 43.2 Å². The number of aryl methyl sites for hydroxylation is 1. The molecule has 0 bridgehead atoms. The van der Waals surface area contributed by atoms with Crippen molar-refractivity contribution in [2.75, 3.05) is 5.32 Å². The van der Waals surface area contributed by atoms with E-state index < -0.39 is 0 Å². The molecule has 26 heavy (non-hydrogen) atoms. The van der Waals surface area contributed by atoms with Gasteiger partial charge in [-0.25, -0.2) is 0 Å². The number of hydrogen-bond acceptors (Lipinski definition) is 5. The molecule has 0 radical (unpaired) electrons. The molecule has 1 N–H and O–H groups in total. The first-order valence-electron chi connectivity index (χ1n) is 8.03. The van der Waals surface area contributed by atoms with Crippen LogP contribution >= 0.6 is 33.9 Å². The van der Waals surface area contributed by atoms with Crippen LogP contribution < -0.4 is 5.32 Å². The van der Waals surface area contributed by atoms with Crippen LogP contribution in [0.4, 0.5) is 5.69 Å². The monoisotopic (exact) mass is 475 g/mol. The Labute approximate surface area is 167 Å². The van der Waals surface area contributed by atoms with E-state index in [1.807, 2.05) is 55.5 Å². The summed E-state index contributed by atoms with van der Waals surface area (Å²) in [7, 11) is 0. The minimum absolute atomic E-state index is 0.126. The van der Waals surface area contributed by atoms with Crippen molar-refractivity contribution in [2.24, 2.45) is 0 Å². The van der Waals surface area contributed by atoms with Gasteiger partial charge in [0.05, 0.1) is 5.56 Å². The Hall–Kier alpha value is -2.33. The van der Waals surface area contributed by atoms with Gasteiger partial charge in [-0.1, -0.05) is 42.5 Å². The Balaban J connectivity index is 1.62. The Kier molecular flexibility index (Phi) is 4.68. The maximum atomic E-state index is 12.5. The fourth-order valence-corrected chi connectivity index (χ4v) is 4.06. The van der Waals surface area contributed by atoms with Gasteiger partial charge < -0.3 is 5.32 Å². The Bertz CT molecular complexity index is 1100. The van der Waals surface area contributed by atoms with Gasteiger partial charge in [0.2, 0.25) is 4.96 Å². The number of anilines is 1. The first-order chi connectivity index (χ1) is 12.7. The van der Waals surface area contributed by atoms with Crippen molar-refractivity contribution in [3.05, 3.63) is 63.5 Å². The summed E-state index contributed by atoms with van der Waals surface area (Å²) in [5, 5.41) is 16.7. The van der Waals surface area contributed by atoms with Gasteiger partial charge in [0.1, 0.15) is 5.01 Å². The molecule has 130 valence electrons. The molecular formula is C18H14IN5OS. The fourth-order valence-electron chi connectivity index (χ4n) is 2.57. The third-order valence-corrected chi connectivity index (χ3v) is 5.75. The predicted octanol–water partition coefficient (Wildman–Crippen LogP) is 4.27. The van der Waals surface area contributed by atoms with Crippen LogP contribution in [0.15, 0.2) is 48.5 Å². The summed E-state index contributed by atoms with van der Waals surface area (Å²) in [4.78, 5) is 13.3. The molecule has 2 heterocycles. The zero-order valence-corrected chi connectivity index (χ0v) is 16.8. The third kappa shape index (κ3) is 3.21. The molecule has 0 atom stereocenters. The number of nitrogens with zero attached hydrogens (tertiary/aromatic N) is 4. The molecule has 0 fully saturated rings. The highest BCUT2D eigenvalue weighted by Gasteiger charge is 2.13. The van der Waals surface area contributed by atoms with E-state index in [-0.39, 0.29) is 5.91 Å². The van der Waals surface area contributed by atoms with Crippen molar-refractivity contribution in [3.8, 4) is 10.6 Å². The summed E-state index contributed by atoms with van der Waals surface area (Å²) in [5.74, 6) is 0.712. The summed E-state index contributed by atoms with van der Waals surface area (Å²) in [6.45, 7) is 2.02. The van der Waals surface area contributed by atoms with Gasteiger partial charge in [-0.15, -0.1) is 10.2 Å². The molecule has 0 aliphatic heterocycles. The van der Waals surface area contributed by atoms with Crippen LogP contribution in [0, 0.1) is 3.57 Å². The van der Waals surface area contributed by atoms with Crippen molar-refractivity contribution in [3.63, 3.8) is 0 Å². The minimum atomic E-state index is -0.126. The van der Waals surface area contributed by atoms with Gasteiger partial charge in [0, 0.05) is 21.2 Å². The minimum Gasteiger partial charge on any atom is -0.322 e. The first-order valence-corrected chi connectivity index (χ1v) is 9.92. The van der Waals surface area contributed by atoms with Gasteiger partial charge in [-0.3, -0.25) is 4.79 Å². The second-order valence-corrected chi connectivity index (χ2v) is 7.70. The van der Waals surface area contributed by atoms with Crippen LogP contribution in [-0.4, -0.2) is 25.7 Å². The lowest BCUT2D eigenvalue weighted by Crippen LogP contribution is -2.13. The zero-order chi connectivity index (χ0) is 18.1. The van der Waals surface area contributed by atoms with E-state index in [0.717, 1.165) is 37.0 Å². The number of halogens is 1. The number of carbonyl (C=O) groups excluding carboxylic acids is 1. The molecule has 6 nitrogen and oxygen atoms in total. The summed E-state index contributed by atoms with van der Waals surface area (Å²) in [6, 6.07) is 15.2. The summed E-state index contributed by atoms with van der Waals surface area (Å²) >= 11 is 3.64. The van der Waals surface area contributed by atoms with E-state index in [1.54, 1.807) is 4.52 Å². The molecule has 2 aromatic carbocycles. The smallest absolute Gasteiger partial charge is 0.256 e. The van der Waals surface area contributed by atoms with Crippen LogP contribution in [-0.2, 0) is 6.42 Å². The van der Waals surface area contributed by atoms with Crippen LogP contribution in [0.2, 0.25) is 0 Å². The summed E-state index contributed by atoms with van der Waals surface area (Å²) in [6.07, 6.45) is 0.774. The van der Waals surface area contributed by atoms with E-state index in [9.17, 15) is 4.79 Å². The molecule has 0 unspecified atom stereocenters. The van der Waals surface area contributed by atoms with Crippen LogP contribution in [0.5, 0.6) is 0 Å². The highest BCUT2D eigenvalue weighted by Crippen LogP contribution is 2.27. The summed E-state index contributed by atoms with van der Waals surface area (Å²) < 4.78 is 2.69. The summed E-state index contributed by atoms with van der Waals surface area (Å²) in [5.41, 5.74) is 2.32. The standard InChI is InChI=1S/C18H14IN5OS/c1-2-15-21-22-18-24(15)23-17(26-18)11-6-5-7-12(10-11)20-16(25)13-8-3-4-9-14(13)19/h3-10H,2H2,1H3,(H,20,25). The van der Waals surface area contributed by atoms with Gasteiger partial charge in [0.25, 0.3) is 5.91 Å². The topological polar surface area (TPSA) is 72.2 Å². The average molecular weight is 475 g/mol. The molecule has 0 saturated heterocycles. The maximum Gasteiger partial charge on any atom is 0.256 e. The van der Waals surface area contributed by atoms with Crippen molar-refractivity contribution < 1.29 is 4.79 Å². The molecule has 0 spiro atoms. The van der Waals surface area contributed by atoms with Gasteiger partial charge in [-0.05, 0) is 46.9 Å². The third-order valence-electron chi connectivity index (χ3n) is 3.86. The zero-order valence-electron chi connectivity index (χ0n) is 13.8. The first kappa shape index (κ1) is 17.1. The van der Waals surface area contributed by atoms with Gasteiger partial charge in [-0.2, -0.15) is 9.61 Å². The van der Waals surface area contributed by atoms with E-state index in [0.29, 0.717) is 5.56 Å². The average Bonchev–Trinajstić information content (AvgIpc) is 3.22. The number of carbonyl (C=O) groups is 1. The van der Waals surface area contributed by atoms with Gasteiger partial charge in [0.15, 0.2) is 5.82 Å². The number of fused-ring (bicyclic) bond motifs is 1. The molecule has 0 aliphatic rings. The molecule has 2 aromatic heterocycles. The normalized spacial score (nSPS) is 11.0. The van der Waals surface area contributed by atoms with Crippen molar-refractivity contribution in [1.82, 2.24) is 19.8 Å². The largest absolute Gasteiger partial charge is 0.322 e. The Morgan fingerprint density at radius 2 is 2.04 bits per heavy atom.